The Hall–Kier alpha value is -0.570. The van der Waals surface area contributed by atoms with Crippen molar-refractivity contribution in [1.82, 2.24) is 4.98 Å². The highest BCUT2D eigenvalue weighted by atomic mass is 79.9. The molecule has 0 aliphatic rings. The predicted molar refractivity (Wildman–Crippen MR) is 78.5 cm³/mol. The normalized spacial score (nSPS) is 12.5. The molecule has 1 N–H and O–H groups in total. The van der Waals surface area contributed by atoms with Crippen LogP contribution in [0.4, 0.5) is 5.82 Å². The Bertz CT molecular complexity index is 339. The minimum absolute atomic E-state index is 0.563. The van der Waals surface area contributed by atoms with Crippen molar-refractivity contribution in [2.24, 2.45) is 0 Å². The van der Waals surface area contributed by atoms with Gasteiger partial charge < -0.3 is 5.32 Å². The van der Waals surface area contributed by atoms with E-state index in [-0.39, 0.29) is 0 Å². The average molecular weight is 299 g/mol. The standard InChI is InChI=1S/C14H23BrN2/c1-4-6-8-12(7-5-2)17-14-9-11(3)13(15)10-16-14/h9-10,12H,4-8H2,1-3H3,(H,16,17). The van der Waals surface area contributed by atoms with Gasteiger partial charge in [-0.05, 0) is 47.3 Å². The van der Waals surface area contributed by atoms with Crippen molar-refractivity contribution in [3.05, 3.63) is 22.3 Å². The number of unbranched alkanes of at least 4 members (excludes halogenated alkanes) is 1. The van der Waals surface area contributed by atoms with Crippen LogP contribution in [0, 0.1) is 6.92 Å². The quantitative estimate of drug-likeness (QED) is 0.772. The van der Waals surface area contributed by atoms with Gasteiger partial charge in [0.2, 0.25) is 0 Å². The first kappa shape index (κ1) is 14.5. The monoisotopic (exact) mass is 298 g/mol. The highest BCUT2D eigenvalue weighted by molar-refractivity contribution is 9.10. The number of aryl methyl sites for hydroxylation is 1. The molecule has 0 saturated heterocycles. The van der Waals surface area contributed by atoms with Crippen LogP contribution in [0.2, 0.25) is 0 Å². The molecule has 0 aromatic carbocycles. The van der Waals surface area contributed by atoms with Gasteiger partial charge in [0.15, 0.2) is 0 Å². The van der Waals surface area contributed by atoms with Gasteiger partial charge in [-0.2, -0.15) is 0 Å². The van der Waals surface area contributed by atoms with E-state index >= 15 is 0 Å². The van der Waals surface area contributed by atoms with E-state index in [0.29, 0.717) is 6.04 Å². The first-order chi connectivity index (χ1) is 8.17. The van der Waals surface area contributed by atoms with Gasteiger partial charge in [0.1, 0.15) is 5.82 Å². The molecular formula is C14H23BrN2. The van der Waals surface area contributed by atoms with Crippen molar-refractivity contribution in [1.29, 1.82) is 0 Å². The molecule has 1 heterocycles. The van der Waals surface area contributed by atoms with Gasteiger partial charge in [-0.15, -0.1) is 0 Å². The van der Waals surface area contributed by atoms with Gasteiger partial charge in [-0.1, -0.05) is 33.1 Å². The Kier molecular flexibility index (Phi) is 6.56. The maximum absolute atomic E-state index is 4.41. The first-order valence-electron chi connectivity index (χ1n) is 6.56. The second kappa shape index (κ2) is 7.70. The Labute approximate surface area is 113 Å². The highest BCUT2D eigenvalue weighted by Crippen LogP contribution is 2.19. The Balaban J connectivity index is 2.61. The number of hydrogen-bond acceptors (Lipinski definition) is 2. The van der Waals surface area contributed by atoms with Crippen molar-refractivity contribution >= 4 is 21.7 Å². The summed E-state index contributed by atoms with van der Waals surface area (Å²) in [5.74, 6) is 1.00. The number of rotatable bonds is 7. The number of nitrogens with one attached hydrogen (secondary N) is 1. The largest absolute Gasteiger partial charge is 0.367 e. The molecule has 3 heteroatoms. The van der Waals surface area contributed by atoms with Crippen molar-refractivity contribution in [2.75, 3.05) is 5.32 Å². The summed E-state index contributed by atoms with van der Waals surface area (Å²) in [5, 5.41) is 3.55. The van der Waals surface area contributed by atoms with E-state index < -0.39 is 0 Å². The Morgan fingerprint density at radius 1 is 1.29 bits per heavy atom. The molecule has 0 amide bonds. The molecule has 1 unspecified atom stereocenters. The Morgan fingerprint density at radius 3 is 2.65 bits per heavy atom. The van der Waals surface area contributed by atoms with E-state index in [4.69, 9.17) is 0 Å². The molecule has 0 bridgehead atoms. The summed E-state index contributed by atoms with van der Waals surface area (Å²) in [6.07, 6.45) is 8.09. The van der Waals surface area contributed by atoms with Crippen LogP contribution >= 0.6 is 15.9 Å². The fraction of sp³-hybridized carbons (Fsp3) is 0.643. The smallest absolute Gasteiger partial charge is 0.126 e. The van der Waals surface area contributed by atoms with Gasteiger partial charge in [-0.3, -0.25) is 0 Å². The summed E-state index contributed by atoms with van der Waals surface area (Å²) in [6, 6.07) is 2.67. The second-order valence-corrected chi connectivity index (χ2v) is 5.45. The zero-order valence-electron chi connectivity index (χ0n) is 11.1. The van der Waals surface area contributed by atoms with Crippen LogP contribution in [0.3, 0.4) is 0 Å². The summed E-state index contributed by atoms with van der Waals surface area (Å²) in [5.41, 5.74) is 1.23. The minimum Gasteiger partial charge on any atom is -0.367 e. The molecule has 2 nitrogen and oxygen atoms in total. The van der Waals surface area contributed by atoms with Crippen molar-refractivity contribution in [3.63, 3.8) is 0 Å². The van der Waals surface area contributed by atoms with E-state index in [1.54, 1.807) is 0 Å². The summed E-state index contributed by atoms with van der Waals surface area (Å²) < 4.78 is 1.07. The molecule has 0 aliphatic heterocycles. The number of halogens is 1. The lowest BCUT2D eigenvalue weighted by molar-refractivity contribution is 0.563. The van der Waals surface area contributed by atoms with E-state index in [1.807, 2.05) is 6.20 Å². The lowest BCUT2D eigenvalue weighted by Gasteiger charge is -2.18. The molecule has 1 aromatic heterocycles. The maximum atomic E-state index is 4.41. The molecule has 96 valence electrons. The van der Waals surface area contributed by atoms with Crippen LogP contribution in [-0.2, 0) is 0 Å². The van der Waals surface area contributed by atoms with Gasteiger partial charge in [0.25, 0.3) is 0 Å². The number of hydrogen-bond donors (Lipinski definition) is 1. The number of nitrogens with zero attached hydrogens (tertiary/aromatic N) is 1. The lowest BCUT2D eigenvalue weighted by Crippen LogP contribution is -2.19. The van der Waals surface area contributed by atoms with Crippen molar-refractivity contribution < 1.29 is 0 Å². The van der Waals surface area contributed by atoms with Crippen molar-refractivity contribution in [3.8, 4) is 0 Å². The fourth-order valence-electron chi connectivity index (χ4n) is 1.92. The molecular weight excluding hydrogens is 276 g/mol. The second-order valence-electron chi connectivity index (χ2n) is 4.59. The molecule has 0 spiro atoms. The Morgan fingerprint density at radius 2 is 2.06 bits per heavy atom. The molecule has 0 aliphatic carbocycles. The van der Waals surface area contributed by atoms with Crippen LogP contribution in [0.15, 0.2) is 16.7 Å². The van der Waals surface area contributed by atoms with Crippen molar-refractivity contribution in [2.45, 2.75) is 58.9 Å². The number of anilines is 1. The van der Waals surface area contributed by atoms with Crippen LogP contribution in [-0.4, -0.2) is 11.0 Å². The molecule has 17 heavy (non-hydrogen) atoms. The lowest BCUT2D eigenvalue weighted by atomic mass is 10.1. The molecule has 1 rings (SSSR count). The first-order valence-corrected chi connectivity index (χ1v) is 7.35. The van der Waals surface area contributed by atoms with Crippen LogP contribution in [0.5, 0.6) is 0 Å². The van der Waals surface area contributed by atoms with Crippen LogP contribution in [0.1, 0.15) is 51.5 Å². The zero-order valence-corrected chi connectivity index (χ0v) is 12.7. The molecule has 1 aromatic rings. The van der Waals surface area contributed by atoms with Gasteiger partial charge >= 0.3 is 0 Å². The van der Waals surface area contributed by atoms with Crippen LogP contribution in [0.25, 0.3) is 0 Å². The SMILES string of the molecule is CCCCC(CCC)Nc1cc(C)c(Br)cn1. The highest BCUT2D eigenvalue weighted by Gasteiger charge is 2.08. The third-order valence-corrected chi connectivity index (χ3v) is 3.77. The minimum atomic E-state index is 0.563. The third kappa shape index (κ3) is 5.07. The third-order valence-electron chi connectivity index (χ3n) is 2.94. The summed E-state index contributed by atoms with van der Waals surface area (Å²) in [4.78, 5) is 4.41. The van der Waals surface area contributed by atoms with Gasteiger partial charge in [-0.25, -0.2) is 4.98 Å². The van der Waals surface area contributed by atoms with E-state index in [9.17, 15) is 0 Å². The molecule has 0 radical (unpaired) electrons. The number of pyridine rings is 1. The molecule has 0 fully saturated rings. The summed E-state index contributed by atoms with van der Waals surface area (Å²) in [6.45, 7) is 6.57. The maximum Gasteiger partial charge on any atom is 0.126 e. The predicted octanol–water partition coefficient (Wildman–Crippen LogP) is 4.92. The molecule has 0 saturated carbocycles. The van der Waals surface area contributed by atoms with Crippen LogP contribution < -0.4 is 5.32 Å². The van der Waals surface area contributed by atoms with E-state index in [1.165, 1.54) is 37.7 Å². The molecule has 1 atom stereocenters. The van der Waals surface area contributed by atoms with E-state index in [0.717, 1.165) is 10.3 Å². The van der Waals surface area contributed by atoms with Gasteiger partial charge in [0, 0.05) is 16.7 Å². The average Bonchev–Trinajstić information content (AvgIpc) is 2.31. The summed E-state index contributed by atoms with van der Waals surface area (Å²) >= 11 is 3.48. The topological polar surface area (TPSA) is 24.9 Å². The zero-order chi connectivity index (χ0) is 12.7. The summed E-state index contributed by atoms with van der Waals surface area (Å²) in [7, 11) is 0. The van der Waals surface area contributed by atoms with Gasteiger partial charge in [0.05, 0.1) is 0 Å². The number of aromatic nitrogens is 1. The fourth-order valence-corrected chi connectivity index (χ4v) is 2.13. The van der Waals surface area contributed by atoms with E-state index in [2.05, 4.69) is 53.1 Å².